The van der Waals surface area contributed by atoms with Gasteiger partial charge in [0.2, 0.25) is 0 Å². The van der Waals surface area contributed by atoms with Gasteiger partial charge in [-0.3, -0.25) is 9.78 Å². The third-order valence-electron chi connectivity index (χ3n) is 6.51. The molecule has 37 heavy (non-hydrogen) atoms. The van der Waals surface area contributed by atoms with Gasteiger partial charge in [-0.2, -0.15) is 0 Å². The molecule has 4 nitrogen and oxygen atoms in total. The van der Waals surface area contributed by atoms with Gasteiger partial charge in [0.25, 0.3) is 0 Å². The number of aliphatic hydroxyl groups excluding tert-OH is 1. The minimum absolute atomic E-state index is 0.0193. The van der Waals surface area contributed by atoms with E-state index in [9.17, 15) is 14.3 Å². The molecular formula is C32H42FNO3. The molecule has 0 bridgehead atoms. The fourth-order valence-corrected chi connectivity index (χ4v) is 4.56. The number of hydrogen-bond acceptors (Lipinski definition) is 3. The summed E-state index contributed by atoms with van der Waals surface area (Å²) in [6.45, 7) is 14.5. The van der Waals surface area contributed by atoms with Gasteiger partial charge in [-0.25, -0.2) is 4.39 Å². The molecule has 0 amide bonds. The van der Waals surface area contributed by atoms with Crippen molar-refractivity contribution in [1.29, 1.82) is 0 Å². The van der Waals surface area contributed by atoms with Gasteiger partial charge in [0, 0.05) is 5.56 Å². The molecule has 2 atom stereocenters. The largest absolute Gasteiger partial charge is 0.481 e. The van der Waals surface area contributed by atoms with Crippen molar-refractivity contribution in [3.8, 4) is 11.1 Å². The van der Waals surface area contributed by atoms with Gasteiger partial charge in [-0.05, 0) is 92.2 Å². The van der Waals surface area contributed by atoms with Gasteiger partial charge in [0.15, 0.2) is 0 Å². The zero-order chi connectivity index (χ0) is 27.5. The van der Waals surface area contributed by atoms with Gasteiger partial charge in [-0.15, -0.1) is 0 Å². The molecule has 2 N–H and O–H groups in total. The van der Waals surface area contributed by atoms with Gasteiger partial charge in [0.05, 0.1) is 23.9 Å². The number of benzene rings is 1. The van der Waals surface area contributed by atoms with Crippen LogP contribution >= 0.6 is 0 Å². The van der Waals surface area contributed by atoms with Crippen LogP contribution in [0.1, 0.15) is 95.2 Å². The summed E-state index contributed by atoms with van der Waals surface area (Å²) in [7, 11) is 0. The number of pyridine rings is 1. The van der Waals surface area contributed by atoms with Crippen molar-refractivity contribution in [1.82, 2.24) is 4.98 Å². The quantitative estimate of drug-likeness (QED) is 0.279. The maximum Gasteiger partial charge on any atom is 0.305 e. The summed E-state index contributed by atoms with van der Waals surface area (Å²) < 4.78 is 13.7. The molecule has 0 unspecified atom stereocenters. The van der Waals surface area contributed by atoms with Crippen LogP contribution in [0.5, 0.6) is 0 Å². The van der Waals surface area contributed by atoms with E-state index in [4.69, 9.17) is 10.1 Å². The summed E-state index contributed by atoms with van der Waals surface area (Å²) in [6, 6.07) is 6.61. The highest BCUT2D eigenvalue weighted by atomic mass is 19.1. The lowest BCUT2D eigenvalue weighted by Gasteiger charge is -2.22. The number of carbonyl (C=O) groups is 1. The van der Waals surface area contributed by atoms with E-state index in [1.54, 1.807) is 0 Å². The van der Waals surface area contributed by atoms with Crippen LogP contribution in [0.4, 0.5) is 4.39 Å². The second kappa shape index (κ2) is 14.6. The predicted molar refractivity (Wildman–Crippen MR) is 152 cm³/mol. The van der Waals surface area contributed by atoms with Crippen LogP contribution in [0.15, 0.2) is 49.1 Å². The second-order valence-corrected chi connectivity index (χ2v) is 10.1. The van der Waals surface area contributed by atoms with E-state index in [2.05, 4.69) is 20.4 Å². The normalized spacial score (nSPS) is 15.3. The van der Waals surface area contributed by atoms with Crippen molar-refractivity contribution in [2.75, 3.05) is 0 Å². The number of fused-ring (bicyclic) bond motifs is 1. The molecule has 1 aromatic carbocycles. The zero-order valence-electron chi connectivity index (χ0n) is 22.9. The Hall–Kier alpha value is -3.05. The summed E-state index contributed by atoms with van der Waals surface area (Å²) in [5.41, 5.74) is 7.17. The van der Waals surface area contributed by atoms with Crippen LogP contribution in [0.3, 0.4) is 0 Å². The lowest BCUT2D eigenvalue weighted by molar-refractivity contribution is -0.139. The molecule has 5 heteroatoms. The number of carboxylic acids is 1. The number of carboxylic acid groups (broad SMARTS) is 1. The monoisotopic (exact) mass is 507 g/mol. The van der Waals surface area contributed by atoms with Crippen molar-refractivity contribution in [2.24, 2.45) is 5.92 Å². The first-order valence-electron chi connectivity index (χ1n) is 13.2. The van der Waals surface area contributed by atoms with Crippen molar-refractivity contribution in [3.05, 3.63) is 77.4 Å². The lowest BCUT2D eigenvalue weighted by atomic mass is 9.86. The molecule has 0 spiro atoms. The third kappa shape index (κ3) is 8.78. The molecule has 0 fully saturated rings. The molecule has 200 valence electrons. The predicted octanol–water partition coefficient (Wildman–Crippen LogP) is 8.21. The van der Waals surface area contributed by atoms with Crippen molar-refractivity contribution < 1.29 is 19.4 Å². The zero-order valence-corrected chi connectivity index (χ0v) is 22.9. The lowest BCUT2D eigenvalue weighted by Crippen LogP contribution is -2.15. The molecule has 1 heterocycles. The molecule has 1 aromatic heterocycles. The maximum absolute atomic E-state index is 13.7. The molecule has 0 saturated heterocycles. The highest BCUT2D eigenvalue weighted by molar-refractivity contribution is 5.84. The number of halogens is 1. The van der Waals surface area contributed by atoms with Crippen LogP contribution < -0.4 is 0 Å². The highest BCUT2D eigenvalue weighted by Crippen LogP contribution is 2.40. The Kier molecular flexibility index (Phi) is 11.9. The molecule has 3 rings (SSSR count). The molecule has 1 aliphatic carbocycles. The summed E-state index contributed by atoms with van der Waals surface area (Å²) in [4.78, 5) is 16.0. The van der Waals surface area contributed by atoms with Crippen molar-refractivity contribution in [3.63, 3.8) is 0 Å². The van der Waals surface area contributed by atoms with Crippen LogP contribution in [0.25, 0.3) is 22.8 Å². The van der Waals surface area contributed by atoms with Crippen LogP contribution in [-0.2, 0) is 11.2 Å². The Morgan fingerprint density at radius 3 is 2.30 bits per heavy atom. The average molecular weight is 508 g/mol. The number of aromatic nitrogens is 1. The number of rotatable bonds is 8. The van der Waals surface area contributed by atoms with E-state index in [0.717, 1.165) is 64.9 Å². The minimum atomic E-state index is -1.01. The van der Waals surface area contributed by atoms with E-state index in [1.165, 1.54) is 12.1 Å². The van der Waals surface area contributed by atoms with E-state index in [0.29, 0.717) is 6.42 Å². The fraction of sp³-hybridized carbons (Fsp3) is 0.438. The van der Waals surface area contributed by atoms with Crippen LogP contribution in [-0.4, -0.2) is 27.3 Å². The Morgan fingerprint density at radius 2 is 1.73 bits per heavy atom. The summed E-state index contributed by atoms with van der Waals surface area (Å²) in [6.07, 6.45) is 11.2. The molecule has 0 radical (unpaired) electrons. The highest BCUT2D eigenvalue weighted by Gasteiger charge is 2.24. The molecule has 0 aliphatic heterocycles. The summed E-state index contributed by atoms with van der Waals surface area (Å²) in [5.74, 6) is -1.13. The van der Waals surface area contributed by atoms with E-state index in [1.807, 2.05) is 57.2 Å². The standard InChI is InChI=1S/C28H34FNO3.C4H8/c1-17(2)27-24(14-9-18(3)15-22(31)16-25(32)33)26(20-10-12-21(29)13-11-20)23-8-6-5-7-19(4)28(23)30-27;1-3-4-2/h9-14,17-18,22,31H,4-8,15-16H2,1-3H3,(H,32,33);3-4H,1-2H3/b14-9+;4-3-/t18-,22-;/m1./s1. The van der Waals surface area contributed by atoms with E-state index in [-0.39, 0.29) is 24.1 Å². The maximum atomic E-state index is 13.7. The average Bonchev–Trinajstić information content (AvgIpc) is 3.03. The summed E-state index contributed by atoms with van der Waals surface area (Å²) in [5, 5.41) is 19.0. The second-order valence-electron chi connectivity index (χ2n) is 10.1. The van der Waals surface area contributed by atoms with Crippen molar-refractivity contribution in [2.45, 2.75) is 85.2 Å². The van der Waals surface area contributed by atoms with Gasteiger partial charge >= 0.3 is 5.97 Å². The van der Waals surface area contributed by atoms with Gasteiger partial charge in [0.1, 0.15) is 5.82 Å². The first-order valence-corrected chi connectivity index (χ1v) is 13.2. The molecular weight excluding hydrogens is 465 g/mol. The van der Waals surface area contributed by atoms with Crippen LogP contribution in [0, 0.1) is 11.7 Å². The Morgan fingerprint density at radius 1 is 1.11 bits per heavy atom. The first kappa shape index (κ1) is 30.2. The minimum Gasteiger partial charge on any atom is -0.481 e. The van der Waals surface area contributed by atoms with Crippen molar-refractivity contribution >= 4 is 17.6 Å². The van der Waals surface area contributed by atoms with Gasteiger partial charge < -0.3 is 10.2 Å². The summed E-state index contributed by atoms with van der Waals surface area (Å²) >= 11 is 0. The smallest absolute Gasteiger partial charge is 0.305 e. The number of nitrogens with zero attached hydrogens (tertiary/aromatic N) is 1. The number of aliphatic carboxylic acids is 1. The number of allylic oxidation sites excluding steroid dienone is 4. The SMILES string of the molecule is C/C=C\C.C=C1CCCCc2c1nc(C(C)C)c(/C=C/[C@@H](C)C[C@@H](O)CC(=O)O)c2-c1ccc(F)cc1. The molecule has 1 aliphatic rings. The van der Waals surface area contributed by atoms with E-state index >= 15 is 0 Å². The molecule has 2 aromatic rings. The Labute approximate surface area is 221 Å². The number of hydrogen-bond donors (Lipinski definition) is 2. The third-order valence-corrected chi connectivity index (χ3v) is 6.51. The molecule has 0 saturated carbocycles. The first-order chi connectivity index (χ1) is 17.6. The topological polar surface area (TPSA) is 70.4 Å². The van der Waals surface area contributed by atoms with E-state index < -0.39 is 12.1 Å². The fourth-order valence-electron chi connectivity index (χ4n) is 4.56. The Bertz CT molecular complexity index is 1110. The number of aliphatic hydroxyl groups is 1. The Balaban J connectivity index is 0.00000112. The van der Waals surface area contributed by atoms with Crippen LogP contribution in [0.2, 0.25) is 0 Å². The van der Waals surface area contributed by atoms with Gasteiger partial charge in [-0.1, -0.05) is 63.8 Å².